The van der Waals surface area contributed by atoms with Crippen LogP contribution in [0.5, 0.6) is 5.75 Å². The molecule has 0 radical (unpaired) electrons. The lowest BCUT2D eigenvalue weighted by Crippen LogP contribution is -2.22. The van der Waals surface area contributed by atoms with Crippen molar-refractivity contribution in [2.24, 2.45) is 5.73 Å². The number of hydrogen-bond acceptors (Lipinski definition) is 2. The minimum atomic E-state index is -4.75. The highest BCUT2D eigenvalue weighted by atomic mass is 32.1. The molecule has 7 heteroatoms. The zero-order chi connectivity index (χ0) is 12.3. The summed E-state index contributed by atoms with van der Waals surface area (Å²) in [6.45, 7) is 1.72. The Morgan fingerprint density at radius 2 is 2.06 bits per heavy atom. The largest absolute Gasteiger partial charge is 0.573 e. The maximum Gasteiger partial charge on any atom is 0.573 e. The predicted octanol–water partition coefficient (Wildman–Crippen LogP) is 2.55. The number of nitrogens with one attached hydrogen (secondary N) is 1. The van der Waals surface area contributed by atoms with E-state index in [4.69, 9.17) is 5.73 Å². The van der Waals surface area contributed by atoms with Crippen molar-refractivity contribution < 1.29 is 17.9 Å². The second-order valence-corrected chi connectivity index (χ2v) is 3.48. The van der Waals surface area contributed by atoms with Gasteiger partial charge in [0.2, 0.25) is 0 Å². The standard InChI is InChI=1S/C9H9F3N2OS/c1-5-2-3-7(15-9(10,11)12)6(4-5)14-8(13)16/h2-4H,1H3,(H3,13,14,16). The molecule has 0 amide bonds. The quantitative estimate of drug-likeness (QED) is 0.792. The number of benzene rings is 1. The van der Waals surface area contributed by atoms with E-state index in [0.29, 0.717) is 0 Å². The van der Waals surface area contributed by atoms with Crippen molar-refractivity contribution in [2.45, 2.75) is 13.3 Å². The fourth-order valence-corrected chi connectivity index (χ4v) is 1.20. The van der Waals surface area contributed by atoms with E-state index in [1.165, 1.54) is 18.2 Å². The fraction of sp³-hybridized carbons (Fsp3) is 0.222. The Labute approximate surface area is 95.4 Å². The van der Waals surface area contributed by atoms with Crippen molar-refractivity contribution in [1.82, 2.24) is 0 Å². The second kappa shape index (κ2) is 4.56. The zero-order valence-corrected chi connectivity index (χ0v) is 9.08. The van der Waals surface area contributed by atoms with Crippen molar-refractivity contribution in [3.05, 3.63) is 23.8 Å². The number of nitrogens with two attached hydrogens (primary N) is 1. The van der Waals surface area contributed by atoms with Gasteiger partial charge in [0, 0.05) is 0 Å². The van der Waals surface area contributed by atoms with Gasteiger partial charge in [-0.1, -0.05) is 6.07 Å². The van der Waals surface area contributed by atoms with Crippen molar-refractivity contribution in [1.29, 1.82) is 0 Å². The number of thiocarbonyl (C=S) groups is 1. The molecule has 0 fully saturated rings. The molecule has 0 unspecified atom stereocenters. The SMILES string of the molecule is Cc1ccc(OC(F)(F)F)c(NC(N)=S)c1. The third-order valence-corrected chi connectivity index (χ3v) is 1.72. The highest BCUT2D eigenvalue weighted by Gasteiger charge is 2.32. The van der Waals surface area contributed by atoms with E-state index < -0.39 is 6.36 Å². The predicted molar refractivity (Wildman–Crippen MR) is 58.3 cm³/mol. The highest BCUT2D eigenvalue weighted by Crippen LogP contribution is 2.30. The molecule has 0 aliphatic rings. The van der Waals surface area contributed by atoms with Gasteiger partial charge in [0.05, 0.1) is 5.69 Å². The Morgan fingerprint density at radius 1 is 1.44 bits per heavy atom. The molecule has 3 N–H and O–H groups in total. The average Bonchev–Trinajstić information content (AvgIpc) is 2.06. The molecule has 0 bridgehead atoms. The Balaban J connectivity index is 3.02. The average molecular weight is 250 g/mol. The lowest BCUT2D eigenvalue weighted by Gasteiger charge is -2.14. The Kier molecular flexibility index (Phi) is 3.58. The van der Waals surface area contributed by atoms with Gasteiger partial charge in [0.1, 0.15) is 0 Å². The van der Waals surface area contributed by atoms with Crippen LogP contribution in [0.25, 0.3) is 0 Å². The number of alkyl halides is 3. The minimum absolute atomic E-state index is 0.0878. The van der Waals surface area contributed by atoms with E-state index in [1.54, 1.807) is 6.92 Å². The first-order valence-corrected chi connectivity index (χ1v) is 4.61. The summed E-state index contributed by atoms with van der Waals surface area (Å²) in [7, 11) is 0. The number of aryl methyl sites for hydroxylation is 1. The zero-order valence-electron chi connectivity index (χ0n) is 8.26. The van der Waals surface area contributed by atoms with Gasteiger partial charge in [-0.05, 0) is 36.8 Å². The summed E-state index contributed by atoms with van der Waals surface area (Å²) in [5, 5.41) is 2.29. The Bertz CT molecular complexity index is 406. The van der Waals surface area contributed by atoms with Gasteiger partial charge in [-0.15, -0.1) is 13.2 Å². The number of ether oxygens (including phenoxy) is 1. The molecule has 16 heavy (non-hydrogen) atoms. The van der Waals surface area contributed by atoms with Crippen LogP contribution in [0.2, 0.25) is 0 Å². The molecule has 88 valence electrons. The molecular weight excluding hydrogens is 241 g/mol. The summed E-state index contributed by atoms with van der Waals surface area (Å²) < 4.78 is 39.9. The summed E-state index contributed by atoms with van der Waals surface area (Å²) in [6, 6.07) is 4.15. The normalized spacial score (nSPS) is 11.0. The van der Waals surface area contributed by atoms with Gasteiger partial charge in [0.15, 0.2) is 10.9 Å². The summed E-state index contributed by atoms with van der Waals surface area (Å²) in [5.74, 6) is -0.370. The van der Waals surface area contributed by atoms with Crippen LogP contribution in [-0.4, -0.2) is 11.5 Å². The molecule has 0 aromatic heterocycles. The van der Waals surface area contributed by atoms with Crippen LogP contribution in [0.3, 0.4) is 0 Å². The van der Waals surface area contributed by atoms with Crippen molar-refractivity contribution in [2.75, 3.05) is 5.32 Å². The lowest BCUT2D eigenvalue weighted by molar-refractivity contribution is -0.274. The van der Waals surface area contributed by atoms with E-state index in [2.05, 4.69) is 22.3 Å². The molecule has 0 aliphatic heterocycles. The summed E-state index contributed by atoms with van der Waals surface area (Å²) >= 11 is 4.55. The maximum absolute atomic E-state index is 12.0. The van der Waals surface area contributed by atoms with Crippen molar-refractivity contribution in [3.8, 4) is 5.75 Å². The fourth-order valence-electron chi connectivity index (χ4n) is 1.09. The molecule has 0 saturated carbocycles. The van der Waals surface area contributed by atoms with Gasteiger partial charge < -0.3 is 15.8 Å². The van der Waals surface area contributed by atoms with E-state index in [1.807, 2.05) is 0 Å². The topological polar surface area (TPSA) is 47.3 Å². The summed E-state index contributed by atoms with van der Waals surface area (Å²) in [6.07, 6.45) is -4.75. The molecule has 0 spiro atoms. The number of halogens is 3. The Hall–Kier alpha value is -1.50. The van der Waals surface area contributed by atoms with Crippen LogP contribution in [0.1, 0.15) is 5.56 Å². The molecule has 1 aromatic rings. The third-order valence-electron chi connectivity index (χ3n) is 1.62. The van der Waals surface area contributed by atoms with Crippen LogP contribution in [0.4, 0.5) is 18.9 Å². The van der Waals surface area contributed by atoms with Gasteiger partial charge >= 0.3 is 6.36 Å². The first-order valence-electron chi connectivity index (χ1n) is 4.21. The van der Waals surface area contributed by atoms with E-state index in [-0.39, 0.29) is 16.5 Å². The minimum Gasteiger partial charge on any atom is -0.404 e. The van der Waals surface area contributed by atoms with Gasteiger partial charge in [0.25, 0.3) is 0 Å². The van der Waals surface area contributed by atoms with Gasteiger partial charge in [-0.3, -0.25) is 0 Å². The molecule has 3 nitrogen and oxygen atoms in total. The van der Waals surface area contributed by atoms with E-state index in [0.717, 1.165) is 5.56 Å². The monoisotopic (exact) mass is 250 g/mol. The summed E-state index contributed by atoms with van der Waals surface area (Å²) in [5.41, 5.74) is 6.04. The molecule has 0 heterocycles. The van der Waals surface area contributed by atoms with E-state index in [9.17, 15) is 13.2 Å². The van der Waals surface area contributed by atoms with Crippen LogP contribution in [0, 0.1) is 6.92 Å². The van der Waals surface area contributed by atoms with Crippen LogP contribution < -0.4 is 15.8 Å². The Morgan fingerprint density at radius 3 is 2.56 bits per heavy atom. The molecule has 0 atom stereocenters. The van der Waals surface area contributed by atoms with Crippen LogP contribution in [-0.2, 0) is 0 Å². The van der Waals surface area contributed by atoms with Crippen LogP contribution in [0.15, 0.2) is 18.2 Å². The first kappa shape index (κ1) is 12.6. The third kappa shape index (κ3) is 3.93. The molecule has 0 saturated heterocycles. The van der Waals surface area contributed by atoms with Crippen LogP contribution >= 0.6 is 12.2 Å². The number of hydrogen-bond donors (Lipinski definition) is 2. The smallest absolute Gasteiger partial charge is 0.404 e. The van der Waals surface area contributed by atoms with E-state index >= 15 is 0 Å². The molecule has 1 rings (SSSR count). The molecule has 0 aliphatic carbocycles. The maximum atomic E-state index is 12.0. The van der Waals surface area contributed by atoms with Crippen molar-refractivity contribution >= 4 is 23.0 Å². The number of anilines is 1. The molecule has 1 aromatic carbocycles. The van der Waals surface area contributed by atoms with Gasteiger partial charge in [-0.2, -0.15) is 0 Å². The summed E-state index contributed by atoms with van der Waals surface area (Å²) in [4.78, 5) is 0. The first-order chi connectivity index (χ1) is 7.28. The highest BCUT2D eigenvalue weighted by molar-refractivity contribution is 7.80. The molecular formula is C9H9F3N2OS. The second-order valence-electron chi connectivity index (χ2n) is 3.04. The van der Waals surface area contributed by atoms with Crippen molar-refractivity contribution in [3.63, 3.8) is 0 Å². The van der Waals surface area contributed by atoms with Gasteiger partial charge in [-0.25, -0.2) is 0 Å². The lowest BCUT2D eigenvalue weighted by atomic mass is 10.2. The number of rotatable bonds is 2.